The van der Waals surface area contributed by atoms with Crippen LogP contribution < -0.4 is 9.47 Å². The van der Waals surface area contributed by atoms with Crippen molar-refractivity contribution in [2.24, 2.45) is 0 Å². The molecule has 0 fully saturated rings. The Bertz CT molecular complexity index is 1000. The largest absolute Gasteiger partial charge is 0.489 e. The third-order valence-electron chi connectivity index (χ3n) is 4.03. The summed E-state index contributed by atoms with van der Waals surface area (Å²) in [5.74, 6) is 2.57. The van der Waals surface area contributed by atoms with Gasteiger partial charge >= 0.3 is 0 Å². The SMILES string of the molecule is Cc1noc(COc2ccc(OCc3cccc4ccccc34)cc2)n1. The van der Waals surface area contributed by atoms with Crippen LogP contribution in [0.5, 0.6) is 11.5 Å². The molecule has 1 heterocycles. The van der Waals surface area contributed by atoms with Crippen LogP contribution in [0.3, 0.4) is 0 Å². The number of fused-ring (bicyclic) bond motifs is 1. The predicted molar refractivity (Wildman–Crippen MR) is 98.1 cm³/mol. The number of aromatic nitrogens is 2. The molecule has 5 nitrogen and oxygen atoms in total. The average Bonchev–Trinajstić information content (AvgIpc) is 3.11. The Hall–Kier alpha value is -3.34. The third kappa shape index (κ3) is 3.67. The second-order valence-corrected chi connectivity index (χ2v) is 5.92. The number of hydrogen-bond donors (Lipinski definition) is 0. The van der Waals surface area contributed by atoms with Gasteiger partial charge in [0.15, 0.2) is 12.4 Å². The van der Waals surface area contributed by atoms with E-state index >= 15 is 0 Å². The predicted octanol–water partition coefficient (Wildman–Crippen LogP) is 4.69. The third-order valence-corrected chi connectivity index (χ3v) is 4.03. The Labute approximate surface area is 151 Å². The molecule has 0 spiro atoms. The molecule has 0 aliphatic carbocycles. The van der Waals surface area contributed by atoms with E-state index in [4.69, 9.17) is 14.0 Å². The Morgan fingerprint density at radius 1 is 0.808 bits per heavy atom. The summed E-state index contributed by atoms with van der Waals surface area (Å²) in [5.41, 5.74) is 1.16. The molecule has 130 valence electrons. The van der Waals surface area contributed by atoms with Crippen LogP contribution in [0.2, 0.25) is 0 Å². The molecule has 3 aromatic carbocycles. The summed E-state index contributed by atoms with van der Waals surface area (Å²) in [6, 6.07) is 22.1. The van der Waals surface area contributed by atoms with Crippen molar-refractivity contribution in [1.29, 1.82) is 0 Å². The van der Waals surface area contributed by atoms with Crippen LogP contribution in [-0.4, -0.2) is 10.1 Å². The molecule has 26 heavy (non-hydrogen) atoms. The van der Waals surface area contributed by atoms with Crippen molar-refractivity contribution in [2.45, 2.75) is 20.1 Å². The molecule has 0 aliphatic heterocycles. The first kappa shape index (κ1) is 16.1. The van der Waals surface area contributed by atoms with Gasteiger partial charge in [0, 0.05) is 0 Å². The van der Waals surface area contributed by atoms with Gasteiger partial charge < -0.3 is 14.0 Å². The maximum absolute atomic E-state index is 5.92. The van der Waals surface area contributed by atoms with E-state index < -0.39 is 0 Å². The van der Waals surface area contributed by atoms with Crippen LogP contribution in [0.1, 0.15) is 17.3 Å². The van der Waals surface area contributed by atoms with E-state index in [1.165, 1.54) is 10.8 Å². The zero-order chi connectivity index (χ0) is 17.8. The molecule has 0 radical (unpaired) electrons. The Balaban J connectivity index is 1.38. The second kappa shape index (κ2) is 7.27. The molecule has 0 amide bonds. The lowest BCUT2D eigenvalue weighted by Crippen LogP contribution is -1.98. The topological polar surface area (TPSA) is 57.4 Å². The monoisotopic (exact) mass is 346 g/mol. The molecular weight excluding hydrogens is 328 g/mol. The summed E-state index contributed by atoms with van der Waals surface area (Å²) >= 11 is 0. The number of hydrogen-bond acceptors (Lipinski definition) is 5. The molecule has 0 N–H and O–H groups in total. The average molecular weight is 346 g/mol. The van der Waals surface area contributed by atoms with Crippen molar-refractivity contribution in [3.63, 3.8) is 0 Å². The van der Waals surface area contributed by atoms with Gasteiger partial charge in [0.05, 0.1) is 0 Å². The summed E-state index contributed by atoms with van der Waals surface area (Å²) in [7, 11) is 0. The van der Waals surface area contributed by atoms with E-state index in [2.05, 4.69) is 40.5 Å². The quantitative estimate of drug-likeness (QED) is 0.507. The highest BCUT2D eigenvalue weighted by molar-refractivity contribution is 5.85. The first-order valence-corrected chi connectivity index (χ1v) is 8.39. The highest BCUT2D eigenvalue weighted by atomic mass is 16.5. The molecule has 0 unspecified atom stereocenters. The Kier molecular flexibility index (Phi) is 4.51. The minimum Gasteiger partial charge on any atom is -0.489 e. The lowest BCUT2D eigenvalue weighted by Gasteiger charge is -2.10. The van der Waals surface area contributed by atoms with Gasteiger partial charge in [-0.1, -0.05) is 47.6 Å². The van der Waals surface area contributed by atoms with E-state index in [-0.39, 0.29) is 6.61 Å². The van der Waals surface area contributed by atoms with Crippen LogP contribution in [0.25, 0.3) is 10.8 Å². The Morgan fingerprint density at radius 3 is 2.23 bits per heavy atom. The van der Waals surface area contributed by atoms with Gasteiger partial charge in [-0.05, 0) is 47.5 Å². The zero-order valence-electron chi connectivity index (χ0n) is 14.4. The van der Waals surface area contributed by atoms with Gasteiger partial charge in [-0.3, -0.25) is 0 Å². The number of nitrogens with zero attached hydrogens (tertiary/aromatic N) is 2. The molecule has 5 heteroatoms. The molecular formula is C21H18N2O3. The van der Waals surface area contributed by atoms with Gasteiger partial charge in [-0.2, -0.15) is 4.98 Å². The summed E-state index contributed by atoms with van der Waals surface area (Å²) in [4.78, 5) is 4.10. The standard InChI is InChI=1S/C21H18N2O3/c1-15-22-21(26-23-15)14-25-19-11-9-18(10-12-19)24-13-17-7-4-6-16-5-2-3-8-20(16)17/h2-12H,13-14H2,1H3. The normalized spacial score (nSPS) is 10.8. The summed E-state index contributed by atoms with van der Waals surface area (Å²) < 4.78 is 16.6. The molecule has 0 aliphatic rings. The van der Waals surface area contributed by atoms with E-state index in [9.17, 15) is 0 Å². The minimum absolute atomic E-state index is 0.247. The molecule has 4 aromatic rings. The fourth-order valence-electron chi connectivity index (χ4n) is 2.76. The van der Waals surface area contributed by atoms with E-state index in [0.29, 0.717) is 18.3 Å². The van der Waals surface area contributed by atoms with E-state index in [1.807, 2.05) is 36.4 Å². The van der Waals surface area contributed by atoms with Crippen LogP contribution in [0.4, 0.5) is 0 Å². The Morgan fingerprint density at radius 2 is 1.50 bits per heavy atom. The maximum atomic E-state index is 5.92. The summed E-state index contributed by atoms with van der Waals surface area (Å²) in [6.07, 6.45) is 0. The number of benzene rings is 3. The van der Waals surface area contributed by atoms with Crippen LogP contribution >= 0.6 is 0 Å². The van der Waals surface area contributed by atoms with Crippen molar-refractivity contribution in [2.75, 3.05) is 0 Å². The smallest absolute Gasteiger partial charge is 0.264 e. The minimum atomic E-state index is 0.247. The molecule has 4 rings (SSSR count). The fraction of sp³-hybridized carbons (Fsp3) is 0.143. The lowest BCUT2D eigenvalue weighted by molar-refractivity contribution is 0.242. The van der Waals surface area contributed by atoms with Gasteiger partial charge in [-0.15, -0.1) is 0 Å². The fourth-order valence-corrected chi connectivity index (χ4v) is 2.76. The van der Waals surface area contributed by atoms with Gasteiger partial charge in [-0.25, -0.2) is 0 Å². The number of aryl methyl sites for hydroxylation is 1. The summed E-state index contributed by atoms with van der Waals surface area (Å²) in [6.45, 7) is 2.54. The highest BCUT2D eigenvalue weighted by Gasteiger charge is 2.05. The first-order chi connectivity index (χ1) is 12.8. The molecule has 0 atom stereocenters. The van der Waals surface area contributed by atoms with Gasteiger partial charge in [0.2, 0.25) is 0 Å². The summed E-state index contributed by atoms with van der Waals surface area (Å²) in [5, 5.41) is 6.16. The second-order valence-electron chi connectivity index (χ2n) is 5.92. The van der Waals surface area contributed by atoms with Crippen molar-refractivity contribution < 1.29 is 14.0 Å². The molecule has 0 saturated heterocycles. The van der Waals surface area contributed by atoms with E-state index in [0.717, 1.165) is 17.1 Å². The van der Waals surface area contributed by atoms with Crippen LogP contribution in [0, 0.1) is 6.92 Å². The first-order valence-electron chi connectivity index (χ1n) is 8.39. The molecule has 0 bridgehead atoms. The van der Waals surface area contributed by atoms with Crippen LogP contribution in [-0.2, 0) is 13.2 Å². The van der Waals surface area contributed by atoms with E-state index in [1.54, 1.807) is 6.92 Å². The van der Waals surface area contributed by atoms with Gasteiger partial charge in [0.1, 0.15) is 18.1 Å². The number of rotatable bonds is 6. The van der Waals surface area contributed by atoms with Crippen molar-refractivity contribution in [1.82, 2.24) is 10.1 Å². The van der Waals surface area contributed by atoms with Crippen LogP contribution in [0.15, 0.2) is 71.3 Å². The number of ether oxygens (including phenoxy) is 2. The maximum Gasteiger partial charge on any atom is 0.264 e. The van der Waals surface area contributed by atoms with Crippen molar-refractivity contribution in [3.05, 3.63) is 84.0 Å². The molecule has 1 aromatic heterocycles. The van der Waals surface area contributed by atoms with Gasteiger partial charge in [0.25, 0.3) is 5.89 Å². The lowest BCUT2D eigenvalue weighted by atomic mass is 10.1. The highest BCUT2D eigenvalue weighted by Crippen LogP contribution is 2.22. The van der Waals surface area contributed by atoms with Crippen molar-refractivity contribution >= 4 is 10.8 Å². The van der Waals surface area contributed by atoms with Crippen molar-refractivity contribution in [3.8, 4) is 11.5 Å². The zero-order valence-corrected chi connectivity index (χ0v) is 14.4. The molecule has 0 saturated carbocycles.